The molecule has 0 spiro atoms. The maximum Gasteiger partial charge on any atom is 0.166 e. The average molecular weight is 329 g/mol. The van der Waals surface area contributed by atoms with E-state index in [1.54, 1.807) is 0 Å². The predicted octanol–water partition coefficient (Wildman–Crippen LogP) is 1.28. The van der Waals surface area contributed by atoms with E-state index >= 15 is 0 Å². The predicted molar refractivity (Wildman–Crippen MR) is 87.4 cm³/mol. The van der Waals surface area contributed by atoms with E-state index < -0.39 is 0 Å². The molecule has 0 unspecified atom stereocenters. The van der Waals surface area contributed by atoms with Gasteiger partial charge in [0.25, 0.3) is 0 Å². The van der Waals surface area contributed by atoms with Gasteiger partial charge in [-0.05, 0) is 42.0 Å². The van der Waals surface area contributed by atoms with Gasteiger partial charge in [0.2, 0.25) is 0 Å². The molecule has 0 saturated carbocycles. The van der Waals surface area contributed by atoms with Gasteiger partial charge in [-0.3, -0.25) is 0 Å². The zero-order valence-electron chi connectivity index (χ0n) is 12.0. The van der Waals surface area contributed by atoms with Crippen LogP contribution >= 0.6 is 0 Å². The molecule has 112 valence electrons. The number of benzene rings is 3. The minimum absolute atomic E-state index is 0. The molecule has 3 rings (SSSR count). The lowest BCUT2D eigenvalue weighted by molar-refractivity contribution is -0.00000508. The van der Waals surface area contributed by atoms with E-state index in [4.69, 9.17) is 0 Å². The molecule has 22 heavy (non-hydrogen) atoms. The van der Waals surface area contributed by atoms with Crippen LogP contribution in [0.4, 0.5) is 0 Å². The third kappa shape index (κ3) is 3.72. The molecule has 0 aliphatic carbocycles. The summed E-state index contributed by atoms with van der Waals surface area (Å²) in [6.07, 6.45) is 0. The maximum atomic E-state index is 9.20. The third-order valence-corrected chi connectivity index (χ3v) is 5.53. The molecule has 3 aromatic rings. The van der Waals surface area contributed by atoms with Crippen LogP contribution < -0.4 is 12.4 Å². The Hall–Kier alpha value is -1.74. The van der Waals surface area contributed by atoms with E-state index in [9.17, 15) is 5.11 Å². The van der Waals surface area contributed by atoms with Gasteiger partial charge in [0.15, 0.2) is 14.7 Å². The summed E-state index contributed by atoms with van der Waals surface area (Å²) in [5.74, 6) is 0. The summed E-state index contributed by atoms with van der Waals surface area (Å²) < 4.78 is 0. The van der Waals surface area contributed by atoms with Crippen molar-refractivity contribution in [3.63, 3.8) is 0 Å². The highest BCUT2D eigenvalue weighted by molar-refractivity contribution is 7.97. The molecular formula is C19H17ClOS. The first-order chi connectivity index (χ1) is 10.4. The van der Waals surface area contributed by atoms with Crippen molar-refractivity contribution in [3.8, 4) is 0 Å². The Bertz CT molecular complexity index is 644. The standard InChI is InChI=1S/C19H17OS.ClH/c20-15-16-11-13-19(14-12-16)21(17-7-3-1-4-8-17)18-9-5-2-6-10-18;/h1-14,20H,15H2;1H/q+1;/p-1. The SMILES string of the molecule is OCc1ccc([S+](c2ccccc2)c2ccccc2)cc1.[Cl-]. The first-order valence-electron chi connectivity index (χ1n) is 6.92. The molecule has 0 amide bonds. The Labute approximate surface area is 140 Å². The Morgan fingerprint density at radius 2 is 1.00 bits per heavy atom. The van der Waals surface area contributed by atoms with Crippen LogP contribution in [0, 0.1) is 0 Å². The minimum Gasteiger partial charge on any atom is -1.00 e. The molecule has 0 aromatic heterocycles. The van der Waals surface area contributed by atoms with Crippen molar-refractivity contribution < 1.29 is 17.5 Å². The molecule has 0 atom stereocenters. The van der Waals surface area contributed by atoms with Gasteiger partial charge in [0.05, 0.1) is 17.5 Å². The van der Waals surface area contributed by atoms with Gasteiger partial charge < -0.3 is 17.5 Å². The smallest absolute Gasteiger partial charge is 0.166 e. The zero-order chi connectivity index (χ0) is 14.5. The number of hydrogen-bond donors (Lipinski definition) is 1. The second-order valence-corrected chi connectivity index (χ2v) is 6.76. The number of hydrogen-bond acceptors (Lipinski definition) is 1. The minimum atomic E-state index is -0.107. The van der Waals surface area contributed by atoms with Crippen molar-refractivity contribution in [2.45, 2.75) is 21.3 Å². The summed E-state index contributed by atoms with van der Waals surface area (Å²) in [7, 11) is -0.107. The van der Waals surface area contributed by atoms with Gasteiger partial charge in [-0.2, -0.15) is 0 Å². The van der Waals surface area contributed by atoms with E-state index in [1.165, 1.54) is 14.7 Å². The zero-order valence-corrected chi connectivity index (χ0v) is 13.6. The molecule has 1 N–H and O–H groups in total. The van der Waals surface area contributed by atoms with Crippen LogP contribution in [0.2, 0.25) is 0 Å². The highest BCUT2D eigenvalue weighted by Crippen LogP contribution is 2.30. The second-order valence-electron chi connectivity index (χ2n) is 4.73. The fourth-order valence-corrected chi connectivity index (χ4v) is 4.34. The fourth-order valence-electron chi connectivity index (χ4n) is 2.25. The topological polar surface area (TPSA) is 20.2 Å². The average Bonchev–Trinajstić information content (AvgIpc) is 2.58. The molecule has 0 radical (unpaired) electrons. The molecule has 0 heterocycles. The molecule has 3 heteroatoms. The van der Waals surface area contributed by atoms with Crippen molar-refractivity contribution in [2.24, 2.45) is 0 Å². The summed E-state index contributed by atoms with van der Waals surface area (Å²) >= 11 is 0. The number of rotatable bonds is 4. The van der Waals surface area contributed by atoms with Gasteiger partial charge in [0.1, 0.15) is 0 Å². The number of aliphatic hydroxyl groups excluding tert-OH is 1. The number of aliphatic hydroxyl groups is 1. The van der Waals surface area contributed by atoms with E-state index in [1.807, 2.05) is 24.3 Å². The van der Waals surface area contributed by atoms with Crippen molar-refractivity contribution in [2.75, 3.05) is 0 Å². The van der Waals surface area contributed by atoms with Gasteiger partial charge in [-0.25, -0.2) is 0 Å². The Kier molecular flexibility index (Phi) is 6.08. The van der Waals surface area contributed by atoms with E-state index in [2.05, 4.69) is 60.7 Å². The highest BCUT2D eigenvalue weighted by Gasteiger charge is 2.27. The van der Waals surface area contributed by atoms with Crippen LogP contribution in [0.15, 0.2) is 99.6 Å². The van der Waals surface area contributed by atoms with Crippen molar-refractivity contribution in [3.05, 3.63) is 90.5 Å². The molecule has 0 fully saturated rings. The molecule has 0 bridgehead atoms. The Balaban J connectivity index is 0.00000176. The van der Waals surface area contributed by atoms with Crippen LogP contribution in [0.25, 0.3) is 0 Å². The summed E-state index contributed by atoms with van der Waals surface area (Å²) in [4.78, 5) is 3.88. The third-order valence-electron chi connectivity index (χ3n) is 3.30. The summed E-state index contributed by atoms with van der Waals surface area (Å²) in [6.45, 7) is 0.0880. The monoisotopic (exact) mass is 328 g/mol. The van der Waals surface area contributed by atoms with Crippen molar-refractivity contribution >= 4 is 10.9 Å². The summed E-state index contributed by atoms with van der Waals surface area (Å²) in [6, 6.07) is 29.4. The first-order valence-corrected chi connectivity index (χ1v) is 8.15. The van der Waals surface area contributed by atoms with Crippen LogP contribution in [-0.4, -0.2) is 5.11 Å². The quantitative estimate of drug-likeness (QED) is 0.715. The maximum absolute atomic E-state index is 9.20. The van der Waals surface area contributed by atoms with E-state index in [0.29, 0.717) is 0 Å². The van der Waals surface area contributed by atoms with E-state index in [0.717, 1.165) is 5.56 Å². The Morgan fingerprint density at radius 1 is 0.591 bits per heavy atom. The normalized spacial score (nSPS) is 10.3. The van der Waals surface area contributed by atoms with Crippen molar-refractivity contribution in [1.82, 2.24) is 0 Å². The van der Waals surface area contributed by atoms with Gasteiger partial charge in [-0.15, -0.1) is 0 Å². The summed E-state index contributed by atoms with van der Waals surface area (Å²) in [5, 5.41) is 9.20. The molecule has 0 aliphatic rings. The lowest BCUT2D eigenvalue weighted by Gasteiger charge is -2.08. The first kappa shape index (κ1) is 16.6. The van der Waals surface area contributed by atoms with Gasteiger partial charge >= 0.3 is 0 Å². The molecule has 0 aliphatic heterocycles. The van der Waals surface area contributed by atoms with Crippen LogP contribution in [-0.2, 0) is 17.5 Å². The van der Waals surface area contributed by atoms with Gasteiger partial charge in [0, 0.05) is 0 Å². The second kappa shape index (κ2) is 8.04. The largest absolute Gasteiger partial charge is 1.00 e. The molecular weight excluding hydrogens is 312 g/mol. The molecule has 3 aromatic carbocycles. The summed E-state index contributed by atoms with van der Waals surface area (Å²) in [5.41, 5.74) is 0.948. The van der Waals surface area contributed by atoms with Crippen LogP contribution in [0.3, 0.4) is 0 Å². The van der Waals surface area contributed by atoms with Crippen molar-refractivity contribution in [1.29, 1.82) is 0 Å². The molecule has 1 nitrogen and oxygen atoms in total. The van der Waals surface area contributed by atoms with Gasteiger partial charge in [-0.1, -0.05) is 48.5 Å². The van der Waals surface area contributed by atoms with E-state index in [-0.39, 0.29) is 29.9 Å². The lowest BCUT2D eigenvalue weighted by Crippen LogP contribution is -3.00. The van der Waals surface area contributed by atoms with Crippen LogP contribution in [0.1, 0.15) is 5.56 Å². The molecule has 0 saturated heterocycles. The fraction of sp³-hybridized carbons (Fsp3) is 0.0526. The number of halogens is 1. The van der Waals surface area contributed by atoms with Crippen LogP contribution in [0.5, 0.6) is 0 Å². The Morgan fingerprint density at radius 3 is 1.41 bits per heavy atom. The lowest BCUT2D eigenvalue weighted by atomic mass is 10.2. The highest BCUT2D eigenvalue weighted by atomic mass is 35.5.